The quantitative estimate of drug-likeness (QED) is 0.822. The maximum absolute atomic E-state index is 13.4. The first kappa shape index (κ1) is 15.3. The lowest BCUT2D eigenvalue weighted by Crippen LogP contribution is -2.14. The molecule has 0 aliphatic heterocycles. The molecule has 1 heterocycles. The fourth-order valence-electron chi connectivity index (χ4n) is 1.31. The molecule has 4 nitrogen and oxygen atoms in total. The molecule has 0 saturated heterocycles. The summed E-state index contributed by atoms with van der Waals surface area (Å²) in [5.74, 6) is 0.413. The van der Waals surface area contributed by atoms with Crippen molar-refractivity contribution in [1.29, 1.82) is 0 Å². The number of rotatable bonds is 6. The van der Waals surface area contributed by atoms with E-state index in [4.69, 9.17) is 0 Å². The Morgan fingerprint density at radius 3 is 2.70 bits per heavy atom. The number of anilines is 1. The molecule has 0 fully saturated rings. The smallest absolute Gasteiger partial charge is 0.234 e. The number of nitrogens with one attached hydrogen (secondary N) is 1. The molecular weight excluding hydrogens is 317 g/mol. The predicted octanol–water partition coefficient (Wildman–Crippen LogP) is 3.52. The molecule has 1 aromatic carbocycles. The molecule has 1 amide bonds. The van der Waals surface area contributed by atoms with Gasteiger partial charge in [0.25, 0.3) is 0 Å². The van der Waals surface area contributed by atoms with Crippen molar-refractivity contribution in [2.45, 2.75) is 15.6 Å². The second kappa shape index (κ2) is 7.61. The highest BCUT2D eigenvalue weighted by Gasteiger charge is 2.10. The molecule has 106 valence electrons. The molecule has 2 rings (SSSR count). The first-order valence-corrected chi connectivity index (χ1v) is 8.61. The van der Waals surface area contributed by atoms with Gasteiger partial charge in [-0.05, 0) is 17.9 Å². The van der Waals surface area contributed by atoms with Gasteiger partial charge in [-0.15, -0.1) is 10.2 Å². The van der Waals surface area contributed by atoms with E-state index in [-0.39, 0.29) is 17.3 Å². The van der Waals surface area contributed by atoms with Gasteiger partial charge in [-0.1, -0.05) is 53.9 Å². The Hall–Kier alpha value is -1.12. The number of amides is 1. The maximum atomic E-state index is 13.4. The number of carbonyl (C=O) groups is 1. The third-order valence-electron chi connectivity index (χ3n) is 2.13. The molecule has 20 heavy (non-hydrogen) atoms. The number of para-hydroxylation sites is 1. The van der Waals surface area contributed by atoms with E-state index in [1.807, 2.05) is 6.92 Å². The second-order valence-corrected chi connectivity index (χ2v) is 7.29. The summed E-state index contributed by atoms with van der Waals surface area (Å²) < 4.78 is 15.0. The van der Waals surface area contributed by atoms with Crippen LogP contribution in [-0.4, -0.2) is 27.6 Å². The number of thioether (sulfide) groups is 2. The van der Waals surface area contributed by atoms with Crippen LogP contribution in [0.5, 0.6) is 0 Å². The van der Waals surface area contributed by atoms with Gasteiger partial charge in [-0.2, -0.15) is 0 Å². The summed E-state index contributed by atoms with van der Waals surface area (Å²) in [6.07, 6.45) is 0. The van der Waals surface area contributed by atoms with Crippen molar-refractivity contribution >= 4 is 46.5 Å². The maximum Gasteiger partial charge on any atom is 0.234 e. The van der Waals surface area contributed by atoms with E-state index in [0.717, 1.165) is 14.4 Å². The Bertz CT molecular complexity index is 591. The van der Waals surface area contributed by atoms with E-state index in [0.29, 0.717) is 0 Å². The van der Waals surface area contributed by atoms with Gasteiger partial charge in [-0.3, -0.25) is 4.79 Å². The van der Waals surface area contributed by atoms with E-state index < -0.39 is 5.82 Å². The van der Waals surface area contributed by atoms with Gasteiger partial charge in [0.2, 0.25) is 5.91 Å². The molecule has 0 radical (unpaired) electrons. The van der Waals surface area contributed by atoms with Crippen molar-refractivity contribution in [2.24, 2.45) is 0 Å². The highest BCUT2D eigenvalue weighted by Crippen LogP contribution is 2.28. The standard InChI is InChI=1S/C12H12FN3OS3/c1-2-18-11-15-16-12(20-11)19-7-10(17)14-9-6-4-3-5-8(9)13/h3-6H,2,7H2,1H3,(H,14,17). The average Bonchev–Trinajstić information content (AvgIpc) is 2.87. The van der Waals surface area contributed by atoms with Crippen LogP contribution in [0.25, 0.3) is 0 Å². The molecule has 1 N–H and O–H groups in total. The van der Waals surface area contributed by atoms with Crippen LogP contribution in [0, 0.1) is 5.82 Å². The van der Waals surface area contributed by atoms with Crippen LogP contribution in [0.3, 0.4) is 0 Å². The van der Waals surface area contributed by atoms with Crippen LogP contribution in [-0.2, 0) is 4.79 Å². The Balaban J connectivity index is 1.84. The third kappa shape index (κ3) is 4.46. The molecule has 0 aliphatic rings. The first-order valence-electron chi connectivity index (χ1n) is 5.82. The van der Waals surface area contributed by atoms with Crippen LogP contribution < -0.4 is 5.32 Å². The van der Waals surface area contributed by atoms with Crippen molar-refractivity contribution in [3.05, 3.63) is 30.1 Å². The number of hydrogen-bond donors (Lipinski definition) is 1. The van der Waals surface area contributed by atoms with Crippen LogP contribution >= 0.6 is 34.9 Å². The zero-order valence-electron chi connectivity index (χ0n) is 10.6. The van der Waals surface area contributed by atoms with E-state index in [1.165, 1.54) is 35.2 Å². The van der Waals surface area contributed by atoms with Gasteiger partial charge in [0.1, 0.15) is 5.82 Å². The van der Waals surface area contributed by atoms with Gasteiger partial charge in [0, 0.05) is 0 Å². The summed E-state index contributed by atoms with van der Waals surface area (Å²) in [6, 6.07) is 6.08. The van der Waals surface area contributed by atoms with Gasteiger partial charge < -0.3 is 5.32 Å². The number of nitrogens with zero attached hydrogens (tertiary/aromatic N) is 2. The summed E-state index contributed by atoms with van der Waals surface area (Å²) in [4.78, 5) is 11.7. The molecule has 1 aromatic heterocycles. The molecular formula is C12H12FN3OS3. The minimum atomic E-state index is -0.441. The van der Waals surface area contributed by atoms with Crippen molar-refractivity contribution in [3.63, 3.8) is 0 Å². The van der Waals surface area contributed by atoms with Gasteiger partial charge in [0.15, 0.2) is 8.68 Å². The van der Waals surface area contributed by atoms with E-state index in [9.17, 15) is 9.18 Å². The monoisotopic (exact) mass is 329 g/mol. The van der Waals surface area contributed by atoms with Crippen molar-refractivity contribution in [2.75, 3.05) is 16.8 Å². The number of hydrogen-bond acceptors (Lipinski definition) is 6. The van der Waals surface area contributed by atoms with Crippen LogP contribution in [0.2, 0.25) is 0 Å². The summed E-state index contributed by atoms with van der Waals surface area (Å²) in [5.41, 5.74) is 0.192. The number of benzene rings is 1. The van der Waals surface area contributed by atoms with E-state index >= 15 is 0 Å². The molecule has 8 heteroatoms. The van der Waals surface area contributed by atoms with Gasteiger partial charge in [0.05, 0.1) is 11.4 Å². The molecule has 0 spiro atoms. The lowest BCUT2D eigenvalue weighted by atomic mass is 10.3. The Morgan fingerprint density at radius 1 is 1.30 bits per heavy atom. The Morgan fingerprint density at radius 2 is 2.00 bits per heavy atom. The molecule has 2 aromatic rings. The number of aromatic nitrogens is 2. The third-order valence-corrected chi connectivity index (χ3v) is 5.20. The lowest BCUT2D eigenvalue weighted by Gasteiger charge is -2.04. The highest BCUT2D eigenvalue weighted by molar-refractivity contribution is 8.03. The molecule has 0 unspecified atom stereocenters. The predicted molar refractivity (Wildman–Crippen MR) is 82.1 cm³/mol. The second-order valence-electron chi connectivity index (χ2n) is 3.58. The van der Waals surface area contributed by atoms with Crippen LogP contribution in [0.4, 0.5) is 10.1 Å². The molecule has 0 saturated carbocycles. The first-order chi connectivity index (χ1) is 9.69. The normalized spacial score (nSPS) is 10.5. The fourth-order valence-corrected chi connectivity index (χ4v) is 4.03. The van der Waals surface area contributed by atoms with Crippen LogP contribution in [0.1, 0.15) is 6.92 Å². The molecule has 0 atom stereocenters. The largest absolute Gasteiger partial charge is 0.323 e. The van der Waals surface area contributed by atoms with Crippen LogP contribution in [0.15, 0.2) is 32.9 Å². The van der Waals surface area contributed by atoms with Crippen molar-refractivity contribution < 1.29 is 9.18 Å². The summed E-state index contributed by atoms with van der Waals surface area (Å²) in [5, 5.41) is 10.5. The number of halogens is 1. The molecule has 0 aliphatic carbocycles. The van der Waals surface area contributed by atoms with Crippen molar-refractivity contribution in [3.8, 4) is 0 Å². The Labute approximate surface area is 128 Å². The summed E-state index contributed by atoms with van der Waals surface area (Å²) in [6.45, 7) is 2.04. The minimum absolute atomic E-state index is 0.180. The average molecular weight is 329 g/mol. The Kier molecular flexibility index (Phi) is 5.81. The minimum Gasteiger partial charge on any atom is -0.323 e. The topological polar surface area (TPSA) is 54.9 Å². The fraction of sp³-hybridized carbons (Fsp3) is 0.250. The highest BCUT2D eigenvalue weighted by atomic mass is 32.2. The molecule has 0 bridgehead atoms. The van der Waals surface area contributed by atoms with Gasteiger partial charge in [-0.25, -0.2) is 4.39 Å². The number of carbonyl (C=O) groups excluding carboxylic acids is 1. The summed E-state index contributed by atoms with van der Waals surface area (Å²) in [7, 11) is 0. The SMILES string of the molecule is CCSc1nnc(SCC(=O)Nc2ccccc2F)s1. The summed E-state index contributed by atoms with van der Waals surface area (Å²) >= 11 is 4.37. The lowest BCUT2D eigenvalue weighted by molar-refractivity contribution is -0.113. The van der Waals surface area contributed by atoms with Crippen molar-refractivity contribution in [1.82, 2.24) is 10.2 Å². The van der Waals surface area contributed by atoms with E-state index in [2.05, 4.69) is 15.5 Å². The zero-order valence-corrected chi connectivity index (χ0v) is 13.1. The van der Waals surface area contributed by atoms with Gasteiger partial charge >= 0.3 is 0 Å². The zero-order chi connectivity index (χ0) is 14.4. The van der Waals surface area contributed by atoms with E-state index in [1.54, 1.807) is 23.9 Å².